The summed E-state index contributed by atoms with van der Waals surface area (Å²) in [5, 5.41) is 2.47. The standard InChI is InChI=1S/C21H17F2N3O5/c1-29-16-8-14(20(28)30-2)15(9-17(16)31-21(22)23)26-19(27)13-10-24-18(25-11-13)12-6-4-3-5-7-12/h3-11,21H,1-2H3,(H,26,27). The Hall–Kier alpha value is -4.08. The van der Waals surface area contributed by atoms with Gasteiger partial charge >= 0.3 is 12.6 Å². The van der Waals surface area contributed by atoms with E-state index < -0.39 is 18.5 Å². The van der Waals surface area contributed by atoms with Crippen LogP contribution in [0.15, 0.2) is 54.9 Å². The Morgan fingerprint density at radius 3 is 2.26 bits per heavy atom. The lowest BCUT2D eigenvalue weighted by molar-refractivity contribution is -0.0511. The van der Waals surface area contributed by atoms with E-state index in [0.717, 1.165) is 24.8 Å². The quantitative estimate of drug-likeness (QED) is 0.571. The Bertz CT molecular complexity index is 1080. The van der Waals surface area contributed by atoms with E-state index in [2.05, 4.69) is 24.8 Å². The van der Waals surface area contributed by atoms with Crippen molar-refractivity contribution in [1.82, 2.24) is 9.97 Å². The highest BCUT2D eigenvalue weighted by Gasteiger charge is 2.21. The number of aromatic nitrogens is 2. The highest BCUT2D eigenvalue weighted by atomic mass is 19.3. The molecule has 10 heteroatoms. The molecule has 0 spiro atoms. The van der Waals surface area contributed by atoms with Crippen molar-refractivity contribution >= 4 is 17.6 Å². The van der Waals surface area contributed by atoms with E-state index in [-0.39, 0.29) is 28.3 Å². The fourth-order valence-corrected chi connectivity index (χ4v) is 2.67. The number of hydrogen-bond acceptors (Lipinski definition) is 7. The molecule has 0 fully saturated rings. The summed E-state index contributed by atoms with van der Waals surface area (Å²) in [6.07, 6.45) is 2.62. The van der Waals surface area contributed by atoms with Gasteiger partial charge in [0.1, 0.15) is 0 Å². The topological polar surface area (TPSA) is 99.6 Å². The van der Waals surface area contributed by atoms with Crippen LogP contribution in [0.4, 0.5) is 14.5 Å². The predicted octanol–water partition coefficient (Wildman–Crippen LogP) is 3.79. The highest BCUT2D eigenvalue weighted by molar-refractivity contribution is 6.08. The van der Waals surface area contributed by atoms with Crippen molar-refractivity contribution in [2.45, 2.75) is 6.61 Å². The van der Waals surface area contributed by atoms with Gasteiger partial charge in [-0.2, -0.15) is 8.78 Å². The number of hydrogen-bond donors (Lipinski definition) is 1. The van der Waals surface area contributed by atoms with Crippen molar-refractivity contribution in [3.63, 3.8) is 0 Å². The molecule has 0 unspecified atom stereocenters. The molecule has 1 heterocycles. The smallest absolute Gasteiger partial charge is 0.387 e. The third-order valence-corrected chi connectivity index (χ3v) is 4.12. The first-order valence-electron chi connectivity index (χ1n) is 8.87. The molecule has 1 N–H and O–H groups in total. The van der Waals surface area contributed by atoms with Crippen molar-refractivity contribution in [2.75, 3.05) is 19.5 Å². The number of nitrogens with zero attached hydrogens (tertiary/aromatic N) is 2. The van der Waals surface area contributed by atoms with Gasteiger partial charge in [-0.1, -0.05) is 30.3 Å². The Balaban J connectivity index is 1.91. The second kappa shape index (κ2) is 9.61. The molecule has 1 amide bonds. The minimum absolute atomic E-state index is 0.0858. The van der Waals surface area contributed by atoms with Gasteiger partial charge in [0.15, 0.2) is 17.3 Å². The molecule has 160 valence electrons. The zero-order chi connectivity index (χ0) is 22.4. The number of anilines is 1. The van der Waals surface area contributed by atoms with Crippen molar-refractivity contribution in [3.8, 4) is 22.9 Å². The van der Waals surface area contributed by atoms with Crippen molar-refractivity contribution in [2.24, 2.45) is 0 Å². The number of alkyl halides is 2. The third kappa shape index (κ3) is 5.10. The van der Waals surface area contributed by atoms with Crippen LogP contribution < -0.4 is 14.8 Å². The van der Waals surface area contributed by atoms with Gasteiger partial charge in [-0.3, -0.25) is 4.79 Å². The number of halogens is 2. The lowest BCUT2D eigenvalue weighted by atomic mass is 10.1. The lowest BCUT2D eigenvalue weighted by Crippen LogP contribution is -2.17. The van der Waals surface area contributed by atoms with E-state index in [1.807, 2.05) is 30.3 Å². The van der Waals surface area contributed by atoms with E-state index >= 15 is 0 Å². The Kier molecular flexibility index (Phi) is 6.71. The molecule has 3 rings (SSSR count). The van der Waals surface area contributed by atoms with Gasteiger partial charge in [-0.05, 0) is 0 Å². The van der Waals surface area contributed by atoms with Crippen LogP contribution in [0.3, 0.4) is 0 Å². The molecule has 0 bridgehead atoms. The zero-order valence-electron chi connectivity index (χ0n) is 16.5. The van der Waals surface area contributed by atoms with E-state index in [9.17, 15) is 18.4 Å². The van der Waals surface area contributed by atoms with E-state index in [4.69, 9.17) is 4.74 Å². The van der Waals surface area contributed by atoms with Crippen LogP contribution in [0.25, 0.3) is 11.4 Å². The molecule has 2 aromatic carbocycles. The van der Waals surface area contributed by atoms with E-state index in [0.29, 0.717) is 5.82 Å². The van der Waals surface area contributed by atoms with Crippen LogP contribution in [0, 0.1) is 0 Å². The van der Waals surface area contributed by atoms with Crippen LogP contribution in [0.1, 0.15) is 20.7 Å². The molecule has 0 saturated heterocycles. The predicted molar refractivity (Wildman–Crippen MR) is 106 cm³/mol. The van der Waals surface area contributed by atoms with E-state index in [1.54, 1.807) is 0 Å². The molecular weight excluding hydrogens is 412 g/mol. The molecule has 0 atom stereocenters. The first-order chi connectivity index (χ1) is 14.9. The molecule has 0 aliphatic rings. The van der Waals surface area contributed by atoms with Crippen LogP contribution in [0.2, 0.25) is 0 Å². The number of amides is 1. The van der Waals surface area contributed by atoms with Gasteiger partial charge in [0.25, 0.3) is 5.91 Å². The maximum absolute atomic E-state index is 12.7. The van der Waals surface area contributed by atoms with Gasteiger partial charge < -0.3 is 19.5 Å². The van der Waals surface area contributed by atoms with Gasteiger partial charge in [-0.15, -0.1) is 0 Å². The second-order valence-electron chi connectivity index (χ2n) is 6.03. The van der Waals surface area contributed by atoms with Gasteiger partial charge in [0, 0.05) is 30.1 Å². The first-order valence-corrected chi connectivity index (χ1v) is 8.87. The summed E-state index contributed by atoms with van der Waals surface area (Å²) in [6.45, 7) is -3.14. The number of carbonyl (C=O) groups excluding carboxylic acids is 2. The maximum Gasteiger partial charge on any atom is 0.387 e. The summed E-state index contributed by atoms with van der Waals surface area (Å²) in [7, 11) is 2.36. The number of carbonyl (C=O) groups is 2. The average molecular weight is 429 g/mol. The summed E-state index contributed by atoms with van der Waals surface area (Å²) in [5.74, 6) is -1.55. The molecule has 0 radical (unpaired) electrons. The average Bonchev–Trinajstić information content (AvgIpc) is 2.79. The maximum atomic E-state index is 12.7. The van der Waals surface area contributed by atoms with Crippen LogP contribution in [0.5, 0.6) is 11.5 Å². The van der Waals surface area contributed by atoms with Crippen molar-refractivity contribution in [1.29, 1.82) is 0 Å². The summed E-state index contributed by atoms with van der Waals surface area (Å²) >= 11 is 0. The fourth-order valence-electron chi connectivity index (χ4n) is 2.67. The molecule has 8 nitrogen and oxygen atoms in total. The van der Waals surface area contributed by atoms with Crippen molar-refractivity contribution < 1.29 is 32.6 Å². The SMILES string of the molecule is COC(=O)c1cc(OC)c(OC(F)F)cc1NC(=O)c1cnc(-c2ccccc2)nc1. The number of methoxy groups -OCH3 is 2. The second-order valence-corrected chi connectivity index (χ2v) is 6.03. The first kappa shape index (κ1) is 21.6. The van der Waals surface area contributed by atoms with Gasteiger partial charge in [0.05, 0.1) is 31.0 Å². The third-order valence-electron chi connectivity index (χ3n) is 4.12. The summed E-state index contributed by atoms with van der Waals surface area (Å²) in [5.41, 5.74) is 0.630. The van der Waals surface area contributed by atoms with Gasteiger partial charge in [-0.25, -0.2) is 14.8 Å². The van der Waals surface area contributed by atoms with Gasteiger partial charge in [0.2, 0.25) is 0 Å². The molecule has 31 heavy (non-hydrogen) atoms. The number of benzene rings is 2. The molecular formula is C21H17F2N3O5. The molecule has 1 aromatic heterocycles. The van der Waals surface area contributed by atoms with E-state index in [1.165, 1.54) is 19.5 Å². The normalized spacial score (nSPS) is 10.5. The summed E-state index contributed by atoms with van der Waals surface area (Å²) < 4.78 is 39.5. The molecule has 0 saturated carbocycles. The highest BCUT2D eigenvalue weighted by Crippen LogP contribution is 2.35. The fraction of sp³-hybridized carbons (Fsp3) is 0.143. The lowest BCUT2D eigenvalue weighted by Gasteiger charge is -2.15. The molecule has 0 aliphatic carbocycles. The monoisotopic (exact) mass is 429 g/mol. The number of esters is 1. The van der Waals surface area contributed by atoms with Crippen molar-refractivity contribution in [3.05, 3.63) is 66.0 Å². The Morgan fingerprint density at radius 1 is 1.00 bits per heavy atom. The molecule has 3 aromatic rings. The number of nitrogens with one attached hydrogen (secondary N) is 1. The number of rotatable bonds is 7. The molecule has 0 aliphatic heterocycles. The zero-order valence-corrected chi connectivity index (χ0v) is 16.5. The summed E-state index contributed by atoms with van der Waals surface area (Å²) in [6, 6.07) is 11.3. The summed E-state index contributed by atoms with van der Waals surface area (Å²) in [4.78, 5) is 33.1. The van der Waals surface area contributed by atoms with Crippen LogP contribution in [-0.4, -0.2) is 42.7 Å². The minimum atomic E-state index is -3.14. The largest absolute Gasteiger partial charge is 0.493 e. The van der Waals surface area contributed by atoms with Crippen LogP contribution >= 0.6 is 0 Å². The number of ether oxygens (including phenoxy) is 3. The Morgan fingerprint density at radius 2 is 1.68 bits per heavy atom. The minimum Gasteiger partial charge on any atom is -0.493 e. The van der Waals surface area contributed by atoms with Crippen LogP contribution in [-0.2, 0) is 4.74 Å². The Labute approximate surface area is 175 Å².